The molecule has 1 aliphatic heterocycles. The van der Waals surface area contributed by atoms with Crippen LogP contribution in [0.25, 0.3) is 0 Å². The number of anilines is 3. The third kappa shape index (κ3) is 8.02. The Labute approximate surface area is 213 Å². The summed E-state index contributed by atoms with van der Waals surface area (Å²) in [5, 5.41) is 17.8. The molecule has 0 atom stereocenters. The second kappa shape index (κ2) is 13.4. The van der Waals surface area contributed by atoms with Gasteiger partial charge in [0.2, 0.25) is 0 Å². The number of ether oxygens (including phenoxy) is 3. The van der Waals surface area contributed by atoms with E-state index in [-0.39, 0.29) is 30.4 Å². The highest BCUT2D eigenvalue weighted by Crippen LogP contribution is 2.42. The molecular weight excluding hydrogens is 486 g/mol. The Bertz CT molecular complexity index is 1180. The summed E-state index contributed by atoms with van der Waals surface area (Å²) in [6.07, 6.45) is -2.05. The first kappa shape index (κ1) is 27.6. The van der Waals surface area contributed by atoms with E-state index in [0.717, 1.165) is 5.56 Å². The van der Waals surface area contributed by atoms with Gasteiger partial charge in [0.1, 0.15) is 5.82 Å². The first-order valence-corrected chi connectivity index (χ1v) is 11.8. The third-order valence-corrected chi connectivity index (χ3v) is 4.93. The van der Waals surface area contributed by atoms with Gasteiger partial charge in [-0.3, -0.25) is 4.79 Å². The van der Waals surface area contributed by atoms with E-state index in [2.05, 4.69) is 30.4 Å². The lowest BCUT2D eigenvalue weighted by Crippen LogP contribution is -2.25. The Balaban J connectivity index is 0.00000186. The maximum absolute atomic E-state index is 13.2. The minimum absolute atomic E-state index is 0.0193. The third-order valence-electron chi connectivity index (χ3n) is 4.93. The molecule has 0 aliphatic carbocycles. The van der Waals surface area contributed by atoms with Crippen LogP contribution in [0.4, 0.5) is 26.0 Å². The smallest absolute Gasteiger partial charge is 0.395 e. The number of aromatic nitrogens is 1. The fourth-order valence-corrected chi connectivity index (χ4v) is 3.36. The van der Waals surface area contributed by atoms with Crippen molar-refractivity contribution in [2.45, 2.75) is 26.7 Å². The number of para-hydroxylation sites is 1. The zero-order valence-electron chi connectivity index (χ0n) is 20.6. The molecule has 198 valence electrons. The normalized spacial score (nSPS) is 12.8. The van der Waals surface area contributed by atoms with Crippen LogP contribution in [-0.4, -0.2) is 48.7 Å². The number of aliphatic hydroxyl groups excluding tert-OH is 1. The molecule has 1 aliphatic rings. The second-order valence-electron chi connectivity index (χ2n) is 7.49. The van der Waals surface area contributed by atoms with Crippen LogP contribution in [-0.2, 0) is 11.3 Å². The number of nitrogens with zero attached hydrogens (tertiary/aromatic N) is 1. The number of halogens is 2. The van der Waals surface area contributed by atoms with Crippen molar-refractivity contribution in [2.24, 2.45) is 0 Å². The summed E-state index contributed by atoms with van der Waals surface area (Å²) in [5.41, 5.74) is 2.20. The predicted octanol–water partition coefficient (Wildman–Crippen LogP) is 4.71. The molecule has 0 spiro atoms. The minimum atomic E-state index is -3.72. The molecule has 0 bridgehead atoms. The summed E-state index contributed by atoms with van der Waals surface area (Å²) in [7, 11) is 0. The molecule has 0 radical (unpaired) electrons. The number of aliphatic hydroxyl groups is 1. The molecule has 1 amide bonds. The highest BCUT2D eigenvalue weighted by Gasteiger charge is 2.43. The molecule has 4 rings (SSSR count). The maximum Gasteiger partial charge on any atom is 0.586 e. The highest BCUT2D eigenvalue weighted by atomic mass is 19.3. The molecule has 4 N–H and O–H groups in total. The van der Waals surface area contributed by atoms with Gasteiger partial charge < -0.3 is 35.3 Å². The number of amides is 1. The van der Waals surface area contributed by atoms with Crippen molar-refractivity contribution in [1.29, 1.82) is 0 Å². The van der Waals surface area contributed by atoms with Crippen molar-refractivity contribution < 1.29 is 32.9 Å². The molecular formula is C26H30F2N4O5. The molecule has 2 heterocycles. The van der Waals surface area contributed by atoms with Gasteiger partial charge in [0.15, 0.2) is 11.5 Å². The van der Waals surface area contributed by atoms with Crippen molar-refractivity contribution in [2.75, 3.05) is 42.3 Å². The van der Waals surface area contributed by atoms with Gasteiger partial charge in [0.25, 0.3) is 5.91 Å². The van der Waals surface area contributed by atoms with Crippen LogP contribution in [0, 0.1) is 0 Å². The van der Waals surface area contributed by atoms with Crippen LogP contribution >= 0.6 is 0 Å². The maximum atomic E-state index is 13.2. The van der Waals surface area contributed by atoms with E-state index in [0.29, 0.717) is 36.8 Å². The van der Waals surface area contributed by atoms with Gasteiger partial charge in [0.05, 0.1) is 25.4 Å². The SMILES string of the molecule is CC.O=C(Nc1ccc2c(c1)OC(F)(F)O2)c1ccccc1NCc1ccnc(NCCOCCO)c1. The van der Waals surface area contributed by atoms with Crippen molar-refractivity contribution in [3.63, 3.8) is 0 Å². The van der Waals surface area contributed by atoms with Crippen molar-refractivity contribution in [3.8, 4) is 11.5 Å². The van der Waals surface area contributed by atoms with Gasteiger partial charge in [-0.2, -0.15) is 0 Å². The lowest BCUT2D eigenvalue weighted by atomic mass is 10.1. The zero-order chi connectivity index (χ0) is 26.7. The molecule has 37 heavy (non-hydrogen) atoms. The van der Waals surface area contributed by atoms with E-state index in [1.165, 1.54) is 18.2 Å². The van der Waals surface area contributed by atoms with E-state index >= 15 is 0 Å². The summed E-state index contributed by atoms with van der Waals surface area (Å²) >= 11 is 0. The van der Waals surface area contributed by atoms with Gasteiger partial charge in [-0.05, 0) is 42.0 Å². The number of fused-ring (bicyclic) bond motifs is 1. The van der Waals surface area contributed by atoms with Gasteiger partial charge in [-0.1, -0.05) is 26.0 Å². The first-order chi connectivity index (χ1) is 17.9. The van der Waals surface area contributed by atoms with E-state index in [1.54, 1.807) is 30.5 Å². The van der Waals surface area contributed by atoms with Crippen LogP contribution in [0.5, 0.6) is 11.5 Å². The van der Waals surface area contributed by atoms with E-state index < -0.39 is 12.2 Å². The number of hydrogen-bond donors (Lipinski definition) is 4. The summed E-state index contributed by atoms with van der Waals surface area (Å²) in [6.45, 7) is 5.69. The number of alkyl halides is 2. The summed E-state index contributed by atoms with van der Waals surface area (Å²) in [4.78, 5) is 17.2. The van der Waals surface area contributed by atoms with Crippen LogP contribution in [0.15, 0.2) is 60.8 Å². The number of rotatable bonds is 11. The van der Waals surface area contributed by atoms with Crippen molar-refractivity contribution in [1.82, 2.24) is 4.98 Å². The molecule has 9 nitrogen and oxygen atoms in total. The average Bonchev–Trinajstić information content (AvgIpc) is 3.22. The molecule has 0 saturated carbocycles. The molecule has 11 heteroatoms. The summed E-state index contributed by atoms with van der Waals surface area (Å²) in [5.74, 6) is 0.00947. The van der Waals surface area contributed by atoms with Crippen LogP contribution in [0.1, 0.15) is 29.8 Å². The number of carbonyl (C=O) groups excluding carboxylic acids is 1. The van der Waals surface area contributed by atoms with Crippen LogP contribution in [0.2, 0.25) is 0 Å². The predicted molar refractivity (Wildman–Crippen MR) is 136 cm³/mol. The monoisotopic (exact) mass is 516 g/mol. The molecule has 2 aromatic carbocycles. The van der Waals surface area contributed by atoms with E-state index in [4.69, 9.17) is 9.84 Å². The Morgan fingerprint density at radius 2 is 1.81 bits per heavy atom. The lowest BCUT2D eigenvalue weighted by Gasteiger charge is -2.13. The number of pyridine rings is 1. The number of carbonyl (C=O) groups is 1. The summed E-state index contributed by atoms with van der Waals surface area (Å²) in [6, 6.07) is 14.7. The van der Waals surface area contributed by atoms with Crippen molar-refractivity contribution >= 4 is 23.1 Å². The van der Waals surface area contributed by atoms with Gasteiger partial charge in [-0.15, -0.1) is 8.78 Å². The Kier molecular flexibility index (Phi) is 9.99. The van der Waals surface area contributed by atoms with E-state index in [1.807, 2.05) is 26.0 Å². The topological polar surface area (TPSA) is 114 Å². The van der Waals surface area contributed by atoms with Crippen LogP contribution < -0.4 is 25.4 Å². The minimum Gasteiger partial charge on any atom is -0.395 e. The van der Waals surface area contributed by atoms with Gasteiger partial charge >= 0.3 is 6.29 Å². The van der Waals surface area contributed by atoms with Gasteiger partial charge in [-0.25, -0.2) is 4.98 Å². The standard InChI is InChI=1S/C24H24F2N4O5.C2H6/c25-24(26)34-20-6-5-17(14-21(20)35-24)30-23(32)18-3-1-2-4-19(18)29-15-16-7-8-27-22(13-16)28-9-11-33-12-10-31;1-2/h1-8,13-14,29,31H,9-12,15H2,(H,27,28)(H,30,32);1-2H3. The fourth-order valence-electron chi connectivity index (χ4n) is 3.36. The van der Waals surface area contributed by atoms with Gasteiger partial charge in [0, 0.05) is 36.7 Å². The van der Waals surface area contributed by atoms with Crippen molar-refractivity contribution in [3.05, 3.63) is 71.9 Å². The average molecular weight is 517 g/mol. The molecule has 3 aromatic rings. The molecule has 0 saturated heterocycles. The highest BCUT2D eigenvalue weighted by molar-refractivity contribution is 6.08. The lowest BCUT2D eigenvalue weighted by molar-refractivity contribution is -0.286. The fraction of sp³-hybridized carbons (Fsp3) is 0.308. The number of benzene rings is 2. The Morgan fingerprint density at radius 3 is 2.62 bits per heavy atom. The summed E-state index contributed by atoms with van der Waals surface area (Å²) < 4.78 is 40.5. The number of nitrogens with one attached hydrogen (secondary N) is 3. The molecule has 1 aromatic heterocycles. The Morgan fingerprint density at radius 1 is 1.03 bits per heavy atom. The number of hydrogen-bond acceptors (Lipinski definition) is 8. The Hall–Kier alpha value is -3.96. The largest absolute Gasteiger partial charge is 0.586 e. The first-order valence-electron chi connectivity index (χ1n) is 11.8. The molecule has 0 unspecified atom stereocenters. The second-order valence-corrected chi connectivity index (χ2v) is 7.49. The zero-order valence-corrected chi connectivity index (χ0v) is 20.6. The molecule has 0 fully saturated rings. The van der Waals surface area contributed by atoms with Crippen LogP contribution in [0.3, 0.4) is 0 Å². The van der Waals surface area contributed by atoms with E-state index in [9.17, 15) is 13.6 Å². The quantitative estimate of drug-likeness (QED) is 0.271.